The highest BCUT2D eigenvalue weighted by atomic mass is 16.3. The summed E-state index contributed by atoms with van der Waals surface area (Å²) in [6.07, 6.45) is 0. The Kier molecular flexibility index (Phi) is 2.09. The maximum atomic E-state index is 10.0. The summed E-state index contributed by atoms with van der Waals surface area (Å²) < 4.78 is 2.19. The van der Waals surface area contributed by atoms with Gasteiger partial charge in [-0.15, -0.1) is 0 Å². The molecule has 0 bridgehead atoms. The van der Waals surface area contributed by atoms with Crippen LogP contribution in [0.5, 0.6) is 5.75 Å². The molecule has 104 valence electrons. The van der Waals surface area contributed by atoms with Crippen molar-refractivity contribution < 1.29 is 5.11 Å². The van der Waals surface area contributed by atoms with E-state index in [4.69, 9.17) is 4.98 Å². The van der Waals surface area contributed by atoms with Gasteiger partial charge in [-0.3, -0.25) is 4.40 Å². The molecule has 0 aliphatic heterocycles. The van der Waals surface area contributed by atoms with Crippen LogP contribution in [-0.2, 0) is 0 Å². The molecule has 0 radical (unpaired) electrons. The number of benzene rings is 3. The van der Waals surface area contributed by atoms with E-state index in [-0.39, 0.29) is 5.75 Å². The molecule has 3 aromatic carbocycles. The van der Waals surface area contributed by atoms with Crippen molar-refractivity contribution in [2.75, 3.05) is 0 Å². The van der Waals surface area contributed by atoms with Crippen LogP contribution in [0.15, 0.2) is 66.7 Å². The highest BCUT2D eigenvalue weighted by Crippen LogP contribution is 2.38. The Bertz CT molecular complexity index is 1130. The summed E-state index contributed by atoms with van der Waals surface area (Å²) in [6.45, 7) is 0. The summed E-state index contributed by atoms with van der Waals surface area (Å²) >= 11 is 0. The highest BCUT2D eigenvalue weighted by Gasteiger charge is 2.18. The second-order valence-corrected chi connectivity index (χ2v) is 5.52. The molecule has 0 saturated carbocycles. The van der Waals surface area contributed by atoms with Gasteiger partial charge in [0.05, 0.1) is 16.6 Å². The van der Waals surface area contributed by atoms with E-state index >= 15 is 0 Å². The predicted octanol–water partition coefficient (Wildman–Crippen LogP) is 4.45. The lowest BCUT2D eigenvalue weighted by Gasteiger charge is -2.00. The molecule has 0 aliphatic carbocycles. The normalized spacial score (nSPS) is 11.8. The summed E-state index contributed by atoms with van der Waals surface area (Å²) in [5.41, 5.74) is 4.08. The fraction of sp³-hybridized carbons (Fsp3) is 0. The molecular formula is C19H12N2O. The number of rotatable bonds is 1. The average Bonchev–Trinajstić information content (AvgIpc) is 3.08. The number of fused-ring (bicyclic) bond motifs is 3. The number of nitrogens with zero attached hydrogens (tertiary/aromatic N) is 2. The maximum absolute atomic E-state index is 10.0. The van der Waals surface area contributed by atoms with E-state index in [2.05, 4.69) is 28.7 Å². The number of para-hydroxylation sites is 1. The lowest BCUT2D eigenvalue weighted by atomic mass is 10.1. The Labute approximate surface area is 126 Å². The van der Waals surface area contributed by atoms with Crippen molar-refractivity contribution in [1.82, 2.24) is 9.38 Å². The van der Waals surface area contributed by atoms with Gasteiger partial charge in [0.15, 0.2) is 0 Å². The smallest absolute Gasteiger partial charge is 0.145 e. The van der Waals surface area contributed by atoms with Crippen LogP contribution in [0.1, 0.15) is 0 Å². The van der Waals surface area contributed by atoms with Crippen molar-refractivity contribution in [3.63, 3.8) is 0 Å². The zero-order valence-corrected chi connectivity index (χ0v) is 11.7. The quantitative estimate of drug-likeness (QED) is 0.494. The van der Waals surface area contributed by atoms with Crippen molar-refractivity contribution >= 4 is 27.3 Å². The first kappa shape index (κ1) is 11.6. The van der Waals surface area contributed by atoms with E-state index in [1.54, 1.807) is 6.07 Å². The lowest BCUT2D eigenvalue weighted by Crippen LogP contribution is -1.87. The summed E-state index contributed by atoms with van der Waals surface area (Å²) in [5, 5.41) is 12.2. The Morgan fingerprint density at radius 3 is 2.45 bits per heavy atom. The molecule has 1 N–H and O–H groups in total. The number of imidazole rings is 1. The zero-order chi connectivity index (χ0) is 14.7. The minimum atomic E-state index is 0.253. The Hall–Kier alpha value is -3.07. The van der Waals surface area contributed by atoms with Crippen LogP contribution in [0.2, 0.25) is 0 Å². The topological polar surface area (TPSA) is 37.5 Å². The Morgan fingerprint density at radius 1 is 0.818 bits per heavy atom. The van der Waals surface area contributed by atoms with Gasteiger partial charge < -0.3 is 5.11 Å². The molecule has 2 aromatic heterocycles. The molecule has 0 atom stereocenters. The second kappa shape index (κ2) is 3.98. The summed E-state index contributed by atoms with van der Waals surface area (Å²) in [7, 11) is 0. The van der Waals surface area contributed by atoms with E-state index in [0.29, 0.717) is 0 Å². The lowest BCUT2D eigenvalue weighted by molar-refractivity contribution is 0.477. The minimum absolute atomic E-state index is 0.253. The van der Waals surface area contributed by atoms with Crippen molar-refractivity contribution in [2.24, 2.45) is 0 Å². The van der Waals surface area contributed by atoms with Gasteiger partial charge in [-0.2, -0.15) is 0 Å². The molecule has 0 unspecified atom stereocenters. The largest absolute Gasteiger partial charge is 0.508 e. The highest BCUT2D eigenvalue weighted by molar-refractivity contribution is 6.15. The zero-order valence-electron chi connectivity index (χ0n) is 11.7. The van der Waals surface area contributed by atoms with Gasteiger partial charge in [0.25, 0.3) is 0 Å². The van der Waals surface area contributed by atoms with E-state index < -0.39 is 0 Å². The number of hydrogen-bond acceptors (Lipinski definition) is 2. The summed E-state index contributed by atoms with van der Waals surface area (Å²) in [5.74, 6) is 1.16. The monoisotopic (exact) mass is 284 g/mol. The van der Waals surface area contributed by atoms with Gasteiger partial charge in [0, 0.05) is 22.4 Å². The van der Waals surface area contributed by atoms with Gasteiger partial charge >= 0.3 is 0 Å². The molecule has 0 saturated heterocycles. The summed E-state index contributed by atoms with van der Waals surface area (Å²) in [4.78, 5) is 4.76. The van der Waals surface area contributed by atoms with Crippen molar-refractivity contribution in [2.45, 2.75) is 0 Å². The number of aromatic nitrogens is 2. The van der Waals surface area contributed by atoms with Crippen molar-refractivity contribution in [3.8, 4) is 17.1 Å². The van der Waals surface area contributed by atoms with E-state index in [0.717, 1.165) is 38.7 Å². The van der Waals surface area contributed by atoms with Crippen LogP contribution in [0.3, 0.4) is 0 Å². The molecule has 0 fully saturated rings. The maximum Gasteiger partial charge on any atom is 0.145 e. The molecule has 0 spiro atoms. The fourth-order valence-corrected chi connectivity index (χ4v) is 3.31. The molecular weight excluding hydrogens is 272 g/mol. The van der Waals surface area contributed by atoms with Crippen LogP contribution in [0, 0.1) is 0 Å². The Balaban J connectivity index is 2.07. The third-order valence-electron chi connectivity index (χ3n) is 4.20. The van der Waals surface area contributed by atoms with Gasteiger partial charge in [0.2, 0.25) is 0 Å². The number of aromatic hydroxyl groups is 1. The predicted molar refractivity (Wildman–Crippen MR) is 88.5 cm³/mol. The van der Waals surface area contributed by atoms with Crippen LogP contribution < -0.4 is 0 Å². The first-order valence-electron chi connectivity index (χ1n) is 7.23. The molecule has 2 heterocycles. The van der Waals surface area contributed by atoms with E-state index in [9.17, 15) is 5.11 Å². The van der Waals surface area contributed by atoms with Crippen LogP contribution in [-0.4, -0.2) is 14.5 Å². The van der Waals surface area contributed by atoms with Gasteiger partial charge in [-0.05, 0) is 12.1 Å². The molecule has 22 heavy (non-hydrogen) atoms. The molecule has 3 heteroatoms. The van der Waals surface area contributed by atoms with Crippen molar-refractivity contribution in [1.29, 1.82) is 0 Å². The van der Waals surface area contributed by atoms with Crippen LogP contribution in [0.25, 0.3) is 38.7 Å². The third-order valence-corrected chi connectivity index (χ3v) is 4.20. The number of hydrogen-bond donors (Lipinski definition) is 1. The number of phenols is 1. The van der Waals surface area contributed by atoms with Gasteiger partial charge in [0.1, 0.15) is 11.6 Å². The first-order chi connectivity index (χ1) is 10.8. The molecule has 3 nitrogen and oxygen atoms in total. The minimum Gasteiger partial charge on any atom is -0.508 e. The molecule has 5 aromatic rings. The van der Waals surface area contributed by atoms with Gasteiger partial charge in [-0.1, -0.05) is 48.5 Å². The van der Waals surface area contributed by atoms with E-state index in [1.807, 2.05) is 36.4 Å². The summed E-state index contributed by atoms with van der Waals surface area (Å²) in [6, 6.07) is 21.9. The van der Waals surface area contributed by atoms with E-state index in [1.165, 1.54) is 0 Å². The van der Waals surface area contributed by atoms with Gasteiger partial charge in [-0.25, -0.2) is 4.98 Å². The molecule has 5 rings (SSSR count). The SMILES string of the molecule is Oc1cc2nc(-c3ccccc3)n3c4ccccc4c(c1)c23. The van der Waals surface area contributed by atoms with Crippen molar-refractivity contribution in [3.05, 3.63) is 66.7 Å². The second-order valence-electron chi connectivity index (χ2n) is 5.52. The Morgan fingerprint density at radius 2 is 1.59 bits per heavy atom. The fourth-order valence-electron chi connectivity index (χ4n) is 3.31. The third kappa shape index (κ3) is 1.37. The standard InChI is InChI=1S/C19H12N2O/c22-13-10-15-14-8-4-5-9-17(14)21-18(15)16(11-13)20-19(21)12-6-2-1-3-7-12/h1-11,22H. The molecule has 0 aliphatic rings. The van der Waals surface area contributed by atoms with Crippen LogP contribution in [0.4, 0.5) is 0 Å². The van der Waals surface area contributed by atoms with Crippen LogP contribution >= 0.6 is 0 Å². The molecule has 0 amide bonds. The average molecular weight is 284 g/mol. The first-order valence-corrected chi connectivity index (χ1v) is 7.23. The number of phenolic OH excluding ortho intramolecular Hbond substituents is 1.